The molecule has 0 unspecified atom stereocenters. The molecule has 0 rings (SSSR count). The van der Waals surface area contributed by atoms with E-state index in [0.717, 1.165) is 12.7 Å². The highest BCUT2D eigenvalue weighted by atomic mass is 16.2. The van der Waals surface area contributed by atoms with Gasteiger partial charge in [0.1, 0.15) is 0 Å². The number of aliphatic hydroxyl groups is 1. The summed E-state index contributed by atoms with van der Waals surface area (Å²) in [6.45, 7) is 2.19. The van der Waals surface area contributed by atoms with E-state index in [1.54, 1.807) is 6.08 Å². The second kappa shape index (κ2) is 10.3. The van der Waals surface area contributed by atoms with Crippen molar-refractivity contribution in [2.45, 2.75) is 45.4 Å². The zero-order valence-electron chi connectivity index (χ0n) is 8.00. The molecule has 0 spiro atoms. The van der Waals surface area contributed by atoms with Gasteiger partial charge in [-0.15, -0.1) is 0 Å². The molecule has 12 heavy (non-hydrogen) atoms. The topological polar surface area (TPSA) is 20.2 Å². The zero-order valence-corrected chi connectivity index (χ0v) is 8.00. The Hall–Kier alpha value is -0.720. The van der Waals surface area contributed by atoms with Crippen LogP contribution >= 0.6 is 0 Å². The SMILES string of the molecule is CCCC=CCCCCC=CO. The van der Waals surface area contributed by atoms with Gasteiger partial charge in [0.2, 0.25) is 0 Å². The molecule has 0 fully saturated rings. The lowest BCUT2D eigenvalue weighted by Gasteiger charge is -1.91. The van der Waals surface area contributed by atoms with Crippen LogP contribution in [0, 0.1) is 0 Å². The number of rotatable bonds is 7. The molecule has 0 aromatic carbocycles. The summed E-state index contributed by atoms with van der Waals surface area (Å²) in [4.78, 5) is 0. The number of hydrogen-bond donors (Lipinski definition) is 1. The standard InChI is InChI=1S/C11H20O/c1-2-3-4-5-6-7-8-9-10-11-12/h4-5,10-12H,2-3,6-9H2,1H3. The van der Waals surface area contributed by atoms with Crippen LogP contribution in [0.1, 0.15) is 45.4 Å². The molecule has 0 aromatic heterocycles. The number of allylic oxidation sites excluding steroid dienone is 3. The average molecular weight is 168 g/mol. The van der Waals surface area contributed by atoms with Crippen molar-refractivity contribution in [3.8, 4) is 0 Å². The first-order valence-corrected chi connectivity index (χ1v) is 4.86. The third-order valence-electron chi connectivity index (χ3n) is 1.72. The predicted octanol–water partition coefficient (Wildman–Crippen LogP) is 3.97. The number of aliphatic hydroxyl groups excluding tert-OH is 1. The summed E-state index contributed by atoms with van der Waals surface area (Å²) in [6, 6.07) is 0. The van der Waals surface area contributed by atoms with E-state index >= 15 is 0 Å². The quantitative estimate of drug-likeness (QED) is 0.346. The van der Waals surface area contributed by atoms with Crippen LogP contribution in [0.4, 0.5) is 0 Å². The van der Waals surface area contributed by atoms with E-state index in [1.807, 2.05) is 0 Å². The predicted molar refractivity (Wildman–Crippen MR) is 54.3 cm³/mol. The summed E-state index contributed by atoms with van der Waals surface area (Å²) in [6.07, 6.45) is 14.5. The van der Waals surface area contributed by atoms with Crippen LogP contribution in [0.25, 0.3) is 0 Å². The third-order valence-corrected chi connectivity index (χ3v) is 1.72. The van der Waals surface area contributed by atoms with Gasteiger partial charge in [-0.3, -0.25) is 0 Å². The largest absolute Gasteiger partial charge is 0.516 e. The first kappa shape index (κ1) is 11.3. The molecule has 0 aliphatic heterocycles. The molecule has 70 valence electrons. The first-order chi connectivity index (χ1) is 5.91. The summed E-state index contributed by atoms with van der Waals surface area (Å²) in [5.41, 5.74) is 0. The maximum atomic E-state index is 8.34. The molecule has 0 aliphatic carbocycles. The summed E-state index contributed by atoms with van der Waals surface area (Å²) in [5.74, 6) is 0. The van der Waals surface area contributed by atoms with Crippen molar-refractivity contribution in [1.82, 2.24) is 0 Å². The summed E-state index contributed by atoms with van der Waals surface area (Å²) < 4.78 is 0. The number of hydrogen-bond acceptors (Lipinski definition) is 1. The molecular formula is C11H20O. The molecule has 0 saturated carbocycles. The van der Waals surface area contributed by atoms with E-state index in [2.05, 4.69) is 19.1 Å². The summed E-state index contributed by atoms with van der Waals surface area (Å²) >= 11 is 0. The highest BCUT2D eigenvalue weighted by Gasteiger charge is 1.82. The minimum atomic E-state index is 0.998. The Balaban J connectivity index is 2.99. The lowest BCUT2D eigenvalue weighted by molar-refractivity contribution is 0.470. The lowest BCUT2D eigenvalue weighted by Crippen LogP contribution is -1.72. The molecule has 0 aromatic rings. The monoisotopic (exact) mass is 168 g/mol. The van der Waals surface area contributed by atoms with Gasteiger partial charge in [0, 0.05) is 0 Å². The van der Waals surface area contributed by atoms with Crippen molar-refractivity contribution in [2.75, 3.05) is 0 Å². The maximum Gasteiger partial charge on any atom is 0.0751 e. The third kappa shape index (κ3) is 9.28. The van der Waals surface area contributed by atoms with E-state index in [0.29, 0.717) is 0 Å². The van der Waals surface area contributed by atoms with Crippen molar-refractivity contribution < 1.29 is 5.11 Å². The van der Waals surface area contributed by atoms with Crippen LogP contribution in [0.3, 0.4) is 0 Å². The van der Waals surface area contributed by atoms with Crippen LogP contribution < -0.4 is 0 Å². The smallest absolute Gasteiger partial charge is 0.0751 e. The highest BCUT2D eigenvalue weighted by molar-refractivity contribution is 4.81. The second-order valence-electron chi connectivity index (χ2n) is 2.93. The average Bonchev–Trinajstić information content (AvgIpc) is 2.10. The Labute approximate surface area is 75.8 Å². The number of unbranched alkanes of at least 4 members (excludes halogenated alkanes) is 4. The Bertz CT molecular complexity index is 125. The fourth-order valence-electron chi connectivity index (χ4n) is 1.00. The van der Waals surface area contributed by atoms with Crippen molar-refractivity contribution >= 4 is 0 Å². The molecule has 0 bridgehead atoms. The molecule has 0 radical (unpaired) electrons. The Kier molecular flexibility index (Phi) is 9.66. The maximum absolute atomic E-state index is 8.34. The van der Waals surface area contributed by atoms with Crippen LogP contribution in [0.15, 0.2) is 24.5 Å². The van der Waals surface area contributed by atoms with Gasteiger partial charge in [-0.1, -0.05) is 31.6 Å². The lowest BCUT2D eigenvalue weighted by atomic mass is 10.2. The van der Waals surface area contributed by atoms with Gasteiger partial charge in [-0.05, 0) is 32.1 Å². The van der Waals surface area contributed by atoms with Crippen LogP contribution in [0.2, 0.25) is 0 Å². The van der Waals surface area contributed by atoms with Gasteiger partial charge in [-0.25, -0.2) is 0 Å². The molecule has 0 atom stereocenters. The fourth-order valence-corrected chi connectivity index (χ4v) is 1.00. The molecule has 1 heteroatoms. The summed E-state index contributed by atoms with van der Waals surface area (Å²) in [5, 5.41) is 8.34. The van der Waals surface area contributed by atoms with E-state index in [4.69, 9.17) is 5.11 Å². The van der Waals surface area contributed by atoms with Crippen LogP contribution in [0.5, 0.6) is 0 Å². The normalized spacial score (nSPS) is 11.8. The Morgan fingerprint density at radius 2 is 1.50 bits per heavy atom. The van der Waals surface area contributed by atoms with Gasteiger partial charge in [-0.2, -0.15) is 0 Å². The van der Waals surface area contributed by atoms with E-state index in [9.17, 15) is 0 Å². The molecule has 0 amide bonds. The molecule has 1 N–H and O–H groups in total. The van der Waals surface area contributed by atoms with Gasteiger partial charge < -0.3 is 5.11 Å². The van der Waals surface area contributed by atoms with E-state index in [-0.39, 0.29) is 0 Å². The minimum Gasteiger partial charge on any atom is -0.516 e. The van der Waals surface area contributed by atoms with Crippen molar-refractivity contribution in [2.24, 2.45) is 0 Å². The van der Waals surface area contributed by atoms with E-state index in [1.165, 1.54) is 32.1 Å². The van der Waals surface area contributed by atoms with Crippen molar-refractivity contribution in [1.29, 1.82) is 0 Å². The van der Waals surface area contributed by atoms with Crippen LogP contribution in [-0.4, -0.2) is 5.11 Å². The molecule has 1 nitrogen and oxygen atoms in total. The Morgan fingerprint density at radius 3 is 2.08 bits per heavy atom. The molecule has 0 saturated heterocycles. The minimum absolute atomic E-state index is 0.998. The first-order valence-electron chi connectivity index (χ1n) is 4.86. The van der Waals surface area contributed by atoms with Crippen LogP contribution in [-0.2, 0) is 0 Å². The van der Waals surface area contributed by atoms with Gasteiger partial charge in [0.25, 0.3) is 0 Å². The molecule has 0 heterocycles. The Morgan fingerprint density at radius 1 is 0.917 bits per heavy atom. The molecular weight excluding hydrogens is 148 g/mol. The molecule has 0 aliphatic rings. The highest BCUT2D eigenvalue weighted by Crippen LogP contribution is 2.02. The van der Waals surface area contributed by atoms with Gasteiger partial charge in [0.15, 0.2) is 0 Å². The van der Waals surface area contributed by atoms with Crippen molar-refractivity contribution in [3.05, 3.63) is 24.5 Å². The summed E-state index contributed by atoms with van der Waals surface area (Å²) in [7, 11) is 0. The zero-order chi connectivity index (χ0) is 9.07. The van der Waals surface area contributed by atoms with Crippen molar-refractivity contribution in [3.63, 3.8) is 0 Å². The van der Waals surface area contributed by atoms with E-state index < -0.39 is 0 Å². The van der Waals surface area contributed by atoms with Gasteiger partial charge in [0.05, 0.1) is 6.26 Å². The fraction of sp³-hybridized carbons (Fsp3) is 0.636. The van der Waals surface area contributed by atoms with Gasteiger partial charge >= 0.3 is 0 Å². The second-order valence-corrected chi connectivity index (χ2v) is 2.93.